The van der Waals surface area contributed by atoms with Gasteiger partial charge in [0.25, 0.3) is 0 Å². The minimum atomic E-state index is -4.55. The lowest BCUT2D eigenvalue weighted by Crippen LogP contribution is -2.50. The highest BCUT2D eigenvalue weighted by molar-refractivity contribution is 5.89. The molecule has 0 saturated carbocycles. The van der Waals surface area contributed by atoms with Crippen LogP contribution < -0.4 is 15.5 Å². The molecule has 0 aromatic carbocycles. The van der Waals surface area contributed by atoms with Crippen LogP contribution in [0.15, 0.2) is 22.4 Å². The van der Waals surface area contributed by atoms with Crippen molar-refractivity contribution in [2.75, 3.05) is 18.5 Å². The Hall–Kier alpha value is -3.05. The molecule has 2 N–H and O–H groups in total. The predicted octanol–water partition coefficient (Wildman–Crippen LogP) is 1.75. The van der Waals surface area contributed by atoms with Crippen molar-refractivity contribution in [2.45, 2.75) is 32.2 Å². The predicted molar refractivity (Wildman–Crippen MR) is 103 cm³/mol. The van der Waals surface area contributed by atoms with Crippen LogP contribution in [0.25, 0.3) is 5.57 Å². The van der Waals surface area contributed by atoms with E-state index in [4.69, 9.17) is 0 Å². The van der Waals surface area contributed by atoms with Crippen LogP contribution in [0, 0.1) is 17.7 Å². The number of nitrogens with one attached hydrogen (secondary N) is 2. The molecule has 0 saturated heterocycles. The van der Waals surface area contributed by atoms with Crippen molar-refractivity contribution in [3.63, 3.8) is 0 Å². The number of hydrogen-bond acceptors (Lipinski definition) is 7. The summed E-state index contributed by atoms with van der Waals surface area (Å²) in [4.78, 5) is 30.1. The van der Waals surface area contributed by atoms with Crippen molar-refractivity contribution in [3.8, 4) is 0 Å². The largest absolute Gasteiger partial charge is 0.405 e. The van der Waals surface area contributed by atoms with Crippen molar-refractivity contribution in [1.29, 1.82) is 0 Å². The van der Waals surface area contributed by atoms with Crippen LogP contribution in [-0.2, 0) is 4.79 Å². The van der Waals surface area contributed by atoms with E-state index in [-0.39, 0.29) is 23.7 Å². The second-order valence-electron chi connectivity index (χ2n) is 7.30. The van der Waals surface area contributed by atoms with Gasteiger partial charge in [-0.05, 0) is 5.92 Å². The molecule has 1 aromatic rings. The highest BCUT2D eigenvalue weighted by atomic mass is 19.4. The number of halogens is 4. The molecule has 2 aliphatic heterocycles. The molecule has 12 heteroatoms. The van der Waals surface area contributed by atoms with Gasteiger partial charge in [0, 0.05) is 25.0 Å². The fourth-order valence-corrected chi connectivity index (χ4v) is 3.39. The Morgan fingerprint density at radius 2 is 2.10 bits per heavy atom. The number of carbonyl (C=O) groups excluding carboxylic acids is 1. The van der Waals surface area contributed by atoms with Gasteiger partial charge < -0.3 is 15.5 Å². The zero-order chi connectivity index (χ0) is 22.1. The van der Waals surface area contributed by atoms with Gasteiger partial charge in [0.15, 0.2) is 17.5 Å². The minimum Gasteiger partial charge on any atom is -0.369 e. The monoisotopic (exact) mass is 427 g/mol. The van der Waals surface area contributed by atoms with E-state index in [1.807, 2.05) is 5.32 Å². The molecule has 1 amide bonds. The van der Waals surface area contributed by atoms with Gasteiger partial charge in [0.05, 0.1) is 12.1 Å². The zero-order valence-corrected chi connectivity index (χ0v) is 16.5. The molecule has 0 bridgehead atoms. The third-order valence-corrected chi connectivity index (χ3v) is 4.75. The third kappa shape index (κ3) is 4.57. The Bertz CT molecular complexity index is 897. The van der Waals surface area contributed by atoms with Crippen LogP contribution in [0.4, 0.5) is 23.4 Å². The summed E-state index contributed by atoms with van der Waals surface area (Å²) in [7, 11) is 1.41. The lowest BCUT2D eigenvalue weighted by Gasteiger charge is -2.31. The summed E-state index contributed by atoms with van der Waals surface area (Å²) < 4.78 is 52.0. The fraction of sp³-hybridized carbons (Fsp3) is 0.500. The zero-order valence-electron chi connectivity index (χ0n) is 16.5. The van der Waals surface area contributed by atoms with Crippen LogP contribution in [-0.4, -0.2) is 60.4 Å². The summed E-state index contributed by atoms with van der Waals surface area (Å²) in [6, 6.07) is -1.08. The summed E-state index contributed by atoms with van der Waals surface area (Å²) >= 11 is 0. The second kappa shape index (κ2) is 8.36. The topological polar surface area (TPSA) is 94.9 Å². The van der Waals surface area contributed by atoms with Crippen LogP contribution in [0.5, 0.6) is 0 Å². The Morgan fingerprint density at radius 3 is 2.77 bits per heavy atom. The van der Waals surface area contributed by atoms with E-state index in [0.29, 0.717) is 5.57 Å². The van der Waals surface area contributed by atoms with Crippen molar-refractivity contribution in [1.82, 2.24) is 20.6 Å². The van der Waals surface area contributed by atoms with Crippen LogP contribution in [0.2, 0.25) is 0 Å². The molecule has 0 aliphatic carbocycles. The number of carbonyl (C=O) groups is 1. The van der Waals surface area contributed by atoms with E-state index < -0.39 is 36.4 Å². The van der Waals surface area contributed by atoms with Crippen LogP contribution in [0.3, 0.4) is 0 Å². The lowest BCUT2D eigenvalue weighted by molar-refractivity contribution is -0.139. The Morgan fingerprint density at radius 1 is 1.37 bits per heavy atom. The molecule has 3 atom stereocenters. The normalized spacial score (nSPS) is 21.1. The molecule has 3 heterocycles. The first kappa shape index (κ1) is 21.7. The third-order valence-electron chi connectivity index (χ3n) is 4.75. The molecule has 30 heavy (non-hydrogen) atoms. The second-order valence-corrected chi connectivity index (χ2v) is 7.30. The minimum absolute atomic E-state index is 0.193. The standard InChI is InChI=1S/C18H21F4N7O/c1-9(2)13(17(30)26-7-18(20,21)22)29(3)16-12(19)6-25-15(28-16)11-5-24-14-10(11)4-23-8-27-14/h4-6,8-10,13-14,24H,7H2,1-3H3,(H,26,30)/t10?,13-,14?/m1/s1. The number of rotatable bonds is 6. The van der Waals surface area contributed by atoms with Gasteiger partial charge in [-0.25, -0.2) is 24.3 Å². The Kier molecular flexibility index (Phi) is 6.04. The molecule has 3 rings (SSSR count). The quantitative estimate of drug-likeness (QED) is 0.675. The van der Waals surface area contributed by atoms with Crippen LogP contribution in [0.1, 0.15) is 19.7 Å². The number of hydrogen-bond donors (Lipinski definition) is 2. The Balaban J connectivity index is 1.86. The van der Waals surface area contributed by atoms with Crippen molar-refractivity contribution < 1.29 is 22.4 Å². The summed E-state index contributed by atoms with van der Waals surface area (Å²) in [6.07, 6.45) is 0.909. The van der Waals surface area contributed by atoms with Gasteiger partial charge in [0.1, 0.15) is 25.1 Å². The van der Waals surface area contributed by atoms with E-state index in [1.54, 1.807) is 26.3 Å². The lowest BCUT2D eigenvalue weighted by atomic mass is 9.99. The smallest absolute Gasteiger partial charge is 0.369 e. The molecular weight excluding hydrogens is 406 g/mol. The first-order chi connectivity index (χ1) is 14.1. The fourth-order valence-electron chi connectivity index (χ4n) is 3.39. The number of fused-ring (bicyclic) bond motifs is 1. The van der Waals surface area contributed by atoms with Crippen molar-refractivity contribution in [3.05, 3.63) is 24.0 Å². The molecule has 0 fully saturated rings. The number of anilines is 1. The number of amides is 1. The van der Waals surface area contributed by atoms with Crippen LogP contribution >= 0.6 is 0 Å². The summed E-state index contributed by atoms with van der Waals surface area (Å²) in [6.45, 7) is 1.83. The molecule has 0 spiro atoms. The van der Waals surface area contributed by atoms with E-state index in [9.17, 15) is 22.4 Å². The average Bonchev–Trinajstić information content (AvgIpc) is 3.10. The average molecular weight is 427 g/mol. The SMILES string of the molecule is CC(C)[C@H](C(=O)NCC(F)(F)F)N(C)c1nc(C2=CNC3N=CN=CC23)ncc1F. The highest BCUT2D eigenvalue weighted by Crippen LogP contribution is 2.30. The van der Waals surface area contributed by atoms with Gasteiger partial charge in [-0.2, -0.15) is 13.2 Å². The molecule has 8 nitrogen and oxygen atoms in total. The maximum atomic E-state index is 14.5. The molecule has 2 aliphatic rings. The number of nitrogens with zero attached hydrogens (tertiary/aromatic N) is 5. The van der Waals surface area contributed by atoms with Crippen molar-refractivity contribution >= 4 is 29.9 Å². The molecule has 162 valence electrons. The van der Waals surface area contributed by atoms with Crippen molar-refractivity contribution in [2.24, 2.45) is 21.8 Å². The first-order valence-corrected chi connectivity index (χ1v) is 9.19. The molecule has 2 unspecified atom stereocenters. The number of alkyl halides is 3. The maximum Gasteiger partial charge on any atom is 0.405 e. The Labute approximate surface area is 170 Å². The van der Waals surface area contributed by atoms with Gasteiger partial charge in [0.2, 0.25) is 5.91 Å². The van der Waals surface area contributed by atoms with E-state index in [1.165, 1.54) is 18.3 Å². The molecule has 1 aromatic heterocycles. The highest BCUT2D eigenvalue weighted by Gasteiger charge is 2.35. The summed E-state index contributed by atoms with van der Waals surface area (Å²) in [5.74, 6) is -2.32. The van der Waals surface area contributed by atoms with Gasteiger partial charge in [-0.1, -0.05) is 13.8 Å². The summed E-state index contributed by atoms with van der Waals surface area (Å²) in [5.41, 5.74) is 0.637. The molecular formula is C18H21F4N7O. The van der Waals surface area contributed by atoms with Gasteiger partial charge in [-0.15, -0.1) is 0 Å². The van der Waals surface area contributed by atoms with E-state index in [2.05, 4.69) is 25.3 Å². The number of aromatic nitrogens is 2. The first-order valence-electron chi connectivity index (χ1n) is 9.19. The maximum absolute atomic E-state index is 14.5. The van der Waals surface area contributed by atoms with Gasteiger partial charge in [-0.3, -0.25) is 4.79 Å². The van der Waals surface area contributed by atoms with E-state index >= 15 is 0 Å². The van der Waals surface area contributed by atoms with E-state index in [0.717, 1.165) is 6.20 Å². The summed E-state index contributed by atoms with van der Waals surface area (Å²) in [5, 5.41) is 4.91. The molecule has 0 radical (unpaired) electrons. The number of likely N-dealkylation sites (N-methyl/N-ethyl adjacent to an activating group) is 1. The number of aliphatic imine (C=N–C) groups is 2. The van der Waals surface area contributed by atoms with Gasteiger partial charge >= 0.3 is 6.18 Å².